The third-order valence-corrected chi connectivity index (χ3v) is 2.52. The lowest BCUT2D eigenvalue weighted by Crippen LogP contribution is -2.37. The third kappa shape index (κ3) is 3.35. The Morgan fingerprint density at radius 3 is 2.78 bits per heavy atom. The number of hydrogen-bond donors (Lipinski definition) is 3. The van der Waals surface area contributed by atoms with Gasteiger partial charge in [-0.2, -0.15) is 0 Å². The molecule has 0 aromatic heterocycles. The molecule has 1 amide bonds. The summed E-state index contributed by atoms with van der Waals surface area (Å²) < 4.78 is 4.31. The van der Waals surface area contributed by atoms with Gasteiger partial charge in [0.1, 0.15) is 0 Å². The number of carbonyl (C=O) groups excluding carboxylic acids is 2. The Hall–Kier alpha value is -1.79. The Labute approximate surface area is 109 Å². The molecule has 0 aliphatic heterocycles. The molecular formula is C11H13ClN2O4. The summed E-state index contributed by atoms with van der Waals surface area (Å²) in [5.41, 5.74) is 5.94. The van der Waals surface area contributed by atoms with Crippen molar-refractivity contribution < 1.29 is 19.4 Å². The molecule has 0 saturated carbocycles. The average molecular weight is 273 g/mol. The fourth-order valence-corrected chi connectivity index (χ4v) is 1.55. The lowest BCUT2D eigenvalue weighted by molar-refractivity contribution is -0.149. The largest absolute Gasteiger partial charge is 0.467 e. The van der Waals surface area contributed by atoms with Gasteiger partial charge in [-0.1, -0.05) is 17.7 Å². The van der Waals surface area contributed by atoms with Crippen LogP contribution in [0.1, 0.15) is 10.4 Å². The predicted molar refractivity (Wildman–Crippen MR) is 66.2 cm³/mol. The summed E-state index contributed by atoms with van der Waals surface area (Å²) in [7, 11) is 1.14. The van der Waals surface area contributed by atoms with Gasteiger partial charge in [-0.15, -0.1) is 0 Å². The lowest BCUT2D eigenvalue weighted by atomic mass is 10.1. The van der Waals surface area contributed by atoms with Crippen LogP contribution in [0.25, 0.3) is 0 Å². The van der Waals surface area contributed by atoms with Gasteiger partial charge in [-0.25, -0.2) is 4.79 Å². The molecule has 6 nitrogen and oxygen atoms in total. The van der Waals surface area contributed by atoms with E-state index in [4.69, 9.17) is 17.3 Å². The minimum absolute atomic E-state index is 0.108. The van der Waals surface area contributed by atoms with Crippen LogP contribution in [0.3, 0.4) is 0 Å². The van der Waals surface area contributed by atoms with E-state index in [1.54, 1.807) is 6.07 Å². The number of halogens is 1. The molecule has 1 unspecified atom stereocenters. The third-order valence-electron chi connectivity index (χ3n) is 2.20. The van der Waals surface area contributed by atoms with E-state index < -0.39 is 18.0 Å². The van der Waals surface area contributed by atoms with E-state index in [2.05, 4.69) is 10.1 Å². The van der Waals surface area contributed by atoms with Crippen molar-refractivity contribution in [3.63, 3.8) is 0 Å². The molecule has 18 heavy (non-hydrogen) atoms. The van der Waals surface area contributed by atoms with Crippen LogP contribution < -0.4 is 11.1 Å². The molecule has 0 radical (unpaired) electrons. The normalized spacial score (nSPS) is 11.7. The van der Waals surface area contributed by atoms with Gasteiger partial charge in [0.2, 0.25) is 0 Å². The Bertz CT molecular complexity index is 444. The van der Waals surface area contributed by atoms with Crippen molar-refractivity contribution in [3.8, 4) is 0 Å². The Balaban J connectivity index is 2.69. The second-order valence-electron chi connectivity index (χ2n) is 3.45. The summed E-state index contributed by atoms with van der Waals surface area (Å²) >= 11 is 5.83. The quantitative estimate of drug-likeness (QED) is 0.536. The number of carbonyl (C=O) groups is 2. The first-order valence-corrected chi connectivity index (χ1v) is 5.43. The number of rotatable bonds is 4. The highest BCUT2D eigenvalue weighted by Crippen LogP contribution is 2.21. The number of aliphatic hydroxyl groups excluding tert-OH is 1. The minimum atomic E-state index is -1.43. The minimum Gasteiger partial charge on any atom is -0.467 e. The zero-order valence-electron chi connectivity index (χ0n) is 9.64. The molecule has 1 aromatic carbocycles. The summed E-state index contributed by atoms with van der Waals surface area (Å²) in [6.45, 7) is -0.282. The zero-order valence-corrected chi connectivity index (χ0v) is 10.4. The zero-order chi connectivity index (χ0) is 13.7. The van der Waals surface area contributed by atoms with Crippen molar-refractivity contribution in [2.24, 2.45) is 0 Å². The molecule has 7 heteroatoms. The van der Waals surface area contributed by atoms with E-state index in [1.165, 1.54) is 12.1 Å². The van der Waals surface area contributed by atoms with Gasteiger partial charge in [0.25, 0.3) is 5.91 Å². The molecule has 4 N–H and O–H groups in total. The molecule has 1 rings (SSSR count). The van der Waals surface area contributed by atoms with E-state index in [0.717, 1.165) is 7.11 Å². The first kappa shape index (κ1) is 14.3. The highest BCUT2D eigenvalue weighted by atomic mass is 35.5. The van der Waals surface area contributed by atoms with E-state index in [0.29, 0.717) is 0 Å². The van der Waals surface area contributed by atoms with E-state index in [9.17, 15) is 14.7 Å². The first-order chi connectivity index (χ1) is 8.47. The standard InChI is InChI=1S/C11H13ClN2O4/c1-18-11(17)8(15)5-14-10(16)9-6(12)3-2-4-7(9)13/h2-4,8,15H,5,13H2,1H3,(H,14,16). The number of methoxy groups -OCH3 is 1. The van der Waals surface area contributed by atoms with Crippen LogP contribution in [-0.4, -0.2) is 36.7 Å². The SMILES string of the molecule is COC(=O)C(O)CNC(=O)c1c(N)cccc1Cl. The van der Waals surface area contributed by atoms with Crippen LogP contribution in [0.5, 0.6) is 0 Å². The molecule has 0 aliphatic carbocycles. The molecule has 0 fully saturated rings. The molecule has 1 aromatic rings. The summed E-state index contributed by atoms with van der Waals surface area (Å²) in [5.74, 6) is -1.40. The Morgan fingerprint density at radius 2 is 2.22 bits per heavy atom. The van der Waals surface area contributed by atoms with Gasteiger partial charge >= 0.3 is 5.97 Å². The molecule has 0 bridgehead atoms. The van der Waals surface area contributed by atoms with E-state index in [1.807, 2.05) is 0 Å². The van der Waals surface area contributed by atoms with Crippen LogP contribution in [0.2, 0.25) is 5.02 Å². The predicted octanol–water partition coefficient (Wildman–Crippen LogP) is 0.186. The number of esters is 1. The second kappa shape index (κ2) is 6.23. The highest BCUT2D eigenvalue weighted by Gasteiger charge is 2.19. The van der Waals surface area contributed by atoms with Gasteiger partial charge in [0, 0.05) is 5.69 Å². The molecule has 0 heterocycles. The first-order valence-electron chi connectivity index (χ1n) is 5.05. The van der Waals surface area contributed by atoms with Crippen molar-refractivity contribution in [1.29, 1.82) is 0 Å². The van der Waals surface area contributed by atoms with Gasteiger partial charge in [0.15, 0.2) is 6.10 Å². The lowest BCUT2D eigenvalue weighted by Gasteiger charge is -2.11. The maximum atomic E-state index is 11.8. The van der Waals surface area contributed by atoms with Gasteiger partial charge < -0.3 is 20.9 Å². The maximum Gasteiger partial charge on any atom is 0.336 e. The smallest absolute Gasteiger partial charge is 0.336 e. The number of ether oxygens (including phenoxy) is 1. The average Bonchev–Trinajstić information content (AvgIpc) is 2.34. The fourth-order valence-electron chi connectivity index (χ4n) is 1.28. The fraction of sp³-hybridized carbons (Fsp3) is 0.273. The van der Waals surface area contributed by atoms with Crippen LogP contribution in [0.15, 0.2) is 18.2 Å². The van der Waals surface area contributed by atoms with Gasteiger partial charge in [0.05, 0.1) is 24.2 Å². The van der Waals surface area contributed by atoms with Crippen LogP contribution >= 0.6 is 11.6 Å². The molecule has 0 saturated heterocycles. The monoisotopic (exact) mass is 272 g/mol. The van der Waals surface area contributed by atoms with Gasteiger partial charge in [-0.3, -0.25) is 4.79 Å². The summed E-state index contributed by atoms with van der Waals surface area (Å²) in [5, 5.41) is 11.8. The molecule has 98 valence electrons. The molecule has 0 spiro atoms. The topological polar surface area (TPSA) is 102 Å². The van der Waals surface area contributed by atoms with E-state index >= 15 is 0 Å². The van der Waals surface area contributed by atoms with Crippen molar-refractivity contribution in [3.05, 3.63) is 28.8 Å². The Morgan fingerprint density at radius 1 is 1.56 bits per heavy atom. The number of hydrogen-bond acceptors (Lipinski definition) is 5. The van der Waals surface area contributed by atoms with Gasteiger partial charge in [-0.05, 0) is 12.1 Å². The summed E-state index contributed by atoms with van der Waals surface area (Å²) in [6, 6.07) is 4.65. The summed E-state index contributed by atoms with van der Waals surface area (Å²) in [6.07, 6.45) is -1.43. The van der Waals surface area contributed by atoms with Crippen LogP contribution in [0.4, 0.5) is 5.69 Å². The summed E-state index contributed by atoms with van der Waals surface area (Å²) in [4.78, 5) is 22.7. The van der Waals surface area contributed by atoms with Crippen molar-refractivity contribution >= 4 is 29.2 Å². The van der Waals surface area contributed by atoms with Crippen molar-refractivity contribution in [2.75, 3.05) is 19.4 Å². The van der Waals surface area contributed by atoms with Crippen LogP contribution in [-0.2, 0) is 9.53 Å². The number of aliphatic hydroxyl groups is 1. The Kier molecular flexibility index (Phi) is 4.94. The molecule has 1 atom stereocenters. The highest BCUT2D eigenvalue weighted by molar-refractivity contribution is 6.34. The number of benzene rings is 1. The second-order valence-corrected chi connectivity index (χ2v) is 3.86. The number of nitrogen functional groups attached to an aromatic ring is 1. The van der Waals surface area contributed by atoms with Crippen LogP contribution in [0, 0.1) is 0 Å². The number of anilines is 1. The number of nitrogens with one attached hydrogen (secondary N) is 1. The van der Waals surface area contributed by atoms with E-state index in [-0.39, 0.29) is 22.8 Å². The molecular weight excluding hydrogens is 260 g/mol. The molecule has 0 aliphatic rings. The number of nitrogens with two attached hydrogens (primary N) is 1. The van der Waals surface area contributed by atoms with Crippen molar-refractivity contribution in [1.82, 2.24) is 5.32 Å². The number of amides is 1. The maximum absolute atomic E-state index is 11.8. The van der Waals surface area contributed by atoms with Crippen molar-refractivity contribution in [2.45, 2.75) is 6.10 Å².